The van der Waals surface area contributed by atoms with Crippen molar-refractivity contribution in [1.29, 1.82) is 0 Å². The van der Waals surface area contributed by atoms with Crippen molar-refractivity contribution in [3.8, 4) is 0 Å². The Kier molecular flexibility index (Phi) is 5.20. The highest BCUT2D eigenvalue weighted by molar-refractivity contribution is 5.70. The van der Waals surface area contributed by atoms with Gasteiger partial charge in [-0.05, 0) is 38.0 Å². The standard InChI is InChI=1S/C20H33N3O5/c1-4-16-20(28-18(25)23(16)26-3)7-10-21(11-8-20)15-12-19(13-15)6-9-22(14-19)17(24)27-5-2/h15-16H,4-14H2,1-3H3. The Bertz CT molecular complexity index is 613. The Morgan fingerprint density at radius 1 is 1.18 bits per heavy atom. The summed E-state index contributed by atoms with van der Waals surface area (Å²) in [5.74, 6) is 0. The number of hydrogen-bond donors (Lipinski definition) is 0. The summed E-state index contributed by atoms with van der Waals surface area (Å²) >= 11 is 0. The molecule has 4 fully saturated rings. The van der Waals surface area contributed by atoms with E-state index in [1.54, 1.807) is 0 Å². The molecule has 1 aliphatic carbocycles. The number of hydroxylamine groups is 2. The van der Waals surface area contributed by atoms with Crippen LogP contribution in [0.3, 0.4) is 0 Å². The quantitative estimate of drug-likeness (QED) is 0.729. The first kappa shape index (κ1) is 19.8. The molecule has 3 saturated heterocycles. The smallest absolute Gasteiger partial charge is 0.434 e. The predicted molar refractivity (Wildman–Crippen MR) is 102 cm³/mol. The van der Waals surface area contributed by atoms with Gasteiger partial charge in [-0.25, -0.2) is 9.59 Å². The Labute approximate surface area is 167 Å². The van der Waals surface area contributed by atoms with Gasteiger partial charge >= 0.3 is 12.2 Å². The second kappa shape index (κ2) is 7.37. The van der Waals surface area contributed by atoms with E-state index in [0.717, 1.165) is 64.7 Å². The number of carbonyl (C=O) groups excluding carboxylic acids is 2. The summed E-state index contributed by atoms with van der Waals surface area (Å²) in [6.07, 6.45) is 5.41. The molecule has 0 aromatic carbocycles. The van der Waals surface area contributed by atoms with Crippen LogP contribution < -0.4 is 0 Å². The van der Waals surface area contributed by atoms with Gasteiger partial charge in [0.15, 0.2) is 0 Å². The van der Waals surface area contributed by atoms with Crippen molar-refractivity contribution in [3.05, 3.63) is 0 Å². The van der Waals surface area contributed by atoms with E-state index in [1.807, 2.05) is 11.8 Å². The summed E-state index contributed by atoms with van der Waals surface area (Å²) in [6.45, 7) is 7.91. The average Bonchev–Trinajstić information content (AvgIpc) is 3.21. The number of rotatable bonds is 4. The zero-order valence-corrected chi connectivity index (χ0v) is 17.3. The van der Waals surface area contributed by atoms with Crippen molar-refractivity contribution in [1.82, 2.24) is 14.9 Å². The van der Waals surface area contributed by atoms with Crippen molar-refractivity contribution in [2.45, 2.75) is 70.1 Å². The number of carbonyl (C=O) groups is 2. The van der Waals surface area contributed by atoms with Crippen LogP contribution >= 0.6 is 0 Å². The van der Waals surface area contributed by atoms with Gasteiger partial charge in [-0.15, -0.1) is 0 Å². The van der Waals surface area contributed by atoms with Gasteiger partial charge in [0.05, 0.1) is 13.7 Å². The van der Waals surface area contributed by atoms with Crippen LogP contribution in [0.2, 0.25) is 0 Å². The van der Waals surface area contributed by atoms with Crippen LogP contribution in [0.25, 0.3) is 0 Å². The molecule has 1 atom stereocenters. The molecule has 28 heavy (non-hydrogen) atoms. The summed E-state index contributed by atoms with van der Waals surface area (Å²) in [5, 5.41) is 1.41. The zero-order chi connectivity index (χ0) is 19.9. The summed E-state index contributed by atoms with van der Waals surface area (Å²) < 4.78 is 11.0. The maximum Gasteiger partial charge on any atom is 0.434 e. The molecule has 3 aliphatic heterocycles. The Balaban J connectivity index is 1.30. The highest BCUT2D eigenvalue weighted by atomic mass is 16.7. The van der Waals surface area contributed by atoms with Crippen LogP contribution in [0.1, 0.15) is 52.4 Å². The number of amides is 2. The van der Waals surface area contributed by atoms with Crippen molar-refractivity contribution in [2.75, 3.05) is 39.9 Å². The van der Waals surface area contributed by atoms with Crippen LogP contribution in [0.15, 0.2) is 0 Å². The third kappa shape index (κ3) is 3.14. The third-order valence-electron chi connectivity index (χ3n) is 7.41. The van der Waals surface area contributed by atoms with Gasteiger partial charge in [0, 0.05) is 45.1 Å². The van der Waals surface area contributed by atoms with Gasteiger partial charge in [0.1, 0.15) is 11.6 Å². The number of likely N-dealkylation sites (tertiary alicyclic amines) is 2. The molecule has 0 bridgehead atoms. The Morgan fingerprint density at radius 2 is 1.89 bits per heavy atom. The lowest BCUT2D eigenvalue weighted by Gasteiger charge is -2.53. The Morgan fingerprint density at radius 3 is 2.50 bits per heavy atom. The number of ether oxygens (including phenoxy) is 2. The molecule has 0 aromatic heterocycles. The van der Waals surface area contributed by atoms with E-state index in [-0.39, 0.29) is 23.6 Å². The van der Waals surface area contributed by atoms with Crippen molar-refractivity contribution < 1.29 is 23.9 Å². The van der Waals surface area contributed by atoms with Crippen molar-refractivity contribution in [2.24, 2.45) is 5.41 Å². The second-order valence-corrected chi connectivity index (χ2v) is 8.83. The lowest BCUT2D eigenvalue weighted by molar-refractivity contribution is -0.122. The largest absolute Gasteiger partial charge is 0.450 e. The highest BCUT2D eigenvalue weighted by Crippen LogP contribution is 2.51. The third-order valence-corrected chi connectivity index (χ3v) is 7.41. The lowest BCUT2D eigenvalue weighted by atomic mass is 9.64. The summed E-state index contributed by atoms with van der Waals surface area (Å²) in [7, 11) is 1.53. The number of nitrogens with zero attached hydrogens (tertiary/aromatic N) is 3. The van der Waals surface area contributed by atoms with Crippen molar-refractivity contribution in [3.63, 3.8) is 0 Å². The molecule has 1 unspecified atom stereocenters. The van der Waals surface area contributed by atoms with Crippen LogP contribution in [-0.4, -0.2) is 84.6 Å². The number of hydrogen-bond acceptors (Lipinski definition) is 6. The molecule has 0 aromatic rings. The van der Waals surface area contributed by atoms with Crippen molar-refractivity contribution >= 4 is 12.2 Å². The fraction of sp³-hybridized carbons (Fsp3) is 0.900. The molecule has 4 aliphatic rings. The van der Waals surface area contributed by atoms with E-state index >= 15 is 0 Å². The highest BCUT2D eigenvalue weighted by Gasteiger charge is 2.57. The minimum absolute atomic E-state index is 0.00662. The van der Waals surface area contributed by atoms with Gasteiger partial charge in [-0.2, -0.15) is 5.06 Å². The molecule has 8 heteroatoms. The first-order valence-corrected chi connectivity index (χ1v) is 10.7. The van der Waals surface area contributed by atoms with Gasteiger partial charge in [0.25, 0.3) is 0 Å². The maximum absolute atomic E-state index is 12.2. The first-order valence-electron chi connectivity index (χ1n) is 10.7. The fourth-order valence-electron chi connectivity index (χ4n) is 5.91. The minimum Gasteiger partial charge on any atom is -0.450 e. The van der Waals surface area contributed by atoms with E-state index in [0.29, 0.717) is 12.6 Å². The zero-order valence-electron chi connectivity index (χ0n) is 17.3. The molecule has 3 heterocycles. The SMILES string of the molecule is CCOC(=O)N1CCC2(CC(N3CCC4(CC3)OC(=O)N(OC)C4CC)C2)C1. The second-order valence-electron chi connectivity index (χ2n) is 8.83. The van der Waals surface area contributed by atoms with Gasteiger partial charge in [-0.1, -0.05) is 6.92 Å². The number of piperidine rings is 1. The first-order chi connectivity index (χ1) is 13.5. The Hall–Kier alpha value is -1.54. The predicted octanol–water partition coefficient (Wildman–Crippen LogP) is 2.62. The van der Waals surface area contributed by atoms with Crippen LogP contribution in [0, 0.1) is 5.41 Å². The molecule has 2 spiro atoms. The van der Waals surface area contributed by atoms with E-state index in [4.69, 9.17) is 14.3 Å². The van der Waals surface area contributed by atoms with Crippen LogP contribution in [-0.2, 0) is 14.3 Å². The molecular weight excluding hydrogens is 362 g/mol. The molecule has 158 valence electrons. The summed E-state index contributed by atoms with van der Waals surface area (Å²) in [5.41, 5.74) is -0.126. The minimum atomic E-state index is -0.409. The summed E-state index contributed by atoms with van der Waals surface area (Å²) in [4.78, 5) is 33.8. The molecule has 8 nitrogen and oxygen atoms in total. The molecule has 0 N–H and O–H groups in total. The van der Waals surface area contributed by atoms with E-state index in [1.165, 1.54) is 12.2 Å². The molecule has 0 radical (unpaired) electrons. The molecule has 1 saturated carbocycles. The topological polar surface area (TPSA) is 71.6 Å². The molecule has 4 rings (SSSR count). The van der Waals surface area contributed by atoms with E-state index in [2.05, 4.69) is 11.8 Å². The van der Waals surface area contributed by atoms with Gasteiger partial charge in [0.2, 0.25) is 0 Å². The molecular formula is C20H33N3O5. The average molecular weight is 396 g/mol. The van der Waals surface area contributed by atoms with Crippen LogP contribution in [0.5, 0.6) is 0 Å². The van der Waals surface area contributed by atoms with Gasteiger partial charge in [-0.3, -0.25) is 4.84 Å². The van der Waals surface area contributed by atoms with Gasteiger partial charge < -0.3 is 19.3 Å². The monoisotopic (exact) mass is 395 g/mol. The normalized spacial score (nSPS) is 34.8. The lowest BCUT2D eigenvalue weighted by Crippen LogP contribution is -2.58. The van der Waals surface area contributed by atoms with Crippen LogP contribution in [0.4, 0.5) is 9.59 Å². The van der Waals surface area contributed by atoms with E-state index in [9.17, 15) is 9.59 Å². The fourth-order valence-corrected chi connectivity index (χ4v) is 5.91. The molecule has 2 amide bonds. The van der Waals surface area contributed by atoms with E-state index < -0.39 is 5.60 Å². The summed E-state index contributed by atoms with van der Waals surface area (Å²) in [6, 6.07) is 0.572. The maximum atomic E-state index is 12.2.